The van der Waals surface area contributed by atoms with Crippen LogP contribution in [0.3, 0.4) is 0 Å². The van der Waals surface area contributed by atoms with Crippen molar-refractivity contribution in [2.45, 2.75) is 39.0 Å². The van der Waals surface area contributed by atoms with Gasteiger partial charge in [0.25, 0.3) is 0 Å². The fourth-order valence-corrected chi connectivity index (χ4v) is 1.04. The quantitative estimate of drug-likeness (QED) is 0.225. The van der Waals surface area contributed by atoms with E-state index in [1.807, 2.05) is 15.9 Å². The van der Waals surface area contributed by atoms with Gasteiger partial charge in [-0.1, -0.05) is 32.3 Å². The highest BCUT2D eigenvalue weighted by atomic mass is 32.2. The number of allylic oxidation sites excluding steroid dienone is 1. The average Bonchev–Trinajstić information content (AvgIpc) is 2.25. The summed E-state index contributed by atoms with van der Waals surface area (Å²) < 4.78 is 24.3. The molecule has 0 saturated heterocycles. The lowest BCUT2D eigenvalue weighted by Gasteiger charge is -1.91. The van der Waals surface area contributed by atoms with Crippen LogP contribution in [0.1, 0.15) is 39.0 Å². The number of hydrogen-bond acceptors (Lipinski definition) is 2. The molecule has 0 atom stereocenters. The first-order valence-electron chi connectivity index (χ1n) is 5.02. The van der Waals surface area contributed by atoms with Crippen LogP contribution in [0.25, 0.3) is 20.9 Å². The van der Waals surface area contributed by atoms with Gasteiger partial charge < -0.3 is 0 Å². The summed E-state index contributed by atoms with van der Waals surface area (Å²) in [6, 6.07) is 0. The summed E-state index contributed by atoms with van der Waals surface area (Å²) in [6.07, 6.45) is 8.61. The maximum Gasteiger partial charge on any atom is 0.321 e. The zero-order valence-electron chi connectivity index (χ0n) is 9.73. The summed E-state index contributed by atoms with van der Waals surface area (Å²) in [6.45, 7) is 5.89. The van der Waals surface area contributed by atoms with Crippen molar-refractivity contribution in [2.24, 2.45) is 9.04 Å². The molecule has 0 aliphatic rings. The third kappa shape index (κ3) is 17.0. The van der Waals surface area contributed by atoms with Crippen molar-refractivity contribution in [1.29, 1.82) is 0 Å². The molecule has 0 unspecified atom stereocenters. The van der Waals surface area contributed by atoms with Crippen LogP contribution in [-0.2, 0) is 10.2 Å². The minimum Gasteiger partial charge on any atom is -0.213 e. The largest absolute Gasteiger partial charge is 0.321 e. The Morgan fingerprint density at radius 1 is 1.18 bits per heavy atom. The SMILES string of the molecule is C=CCCCCCC.[N-]=[N+]=NS(=O)(=O)N=[N+]=[N-]. The van der Waals surface area contributed by atoms with Gasteiger partial charge in [-0.25, -0.2) is 8.42 Å². The molecule has 0 heterocycles. The van der Waals surface area contributed by atoms with Gasteiger partial charge in [0.15, 0.2) is 0 Å². The molecule has 96 valence electrons. The molecule has 0 aromatic rings. The Hall–Kier alpha value is -1.69. The van der Waals surface area contributed by atoms with E-state index in [-0.39, 0.29) is 0 Å². The predicted molar refractivity (Wildman–Crippen MR) is 66.2 cm³/mol. The van der Waals surface area contributed by atoms with Crippen molar-refractivity contribution >= 4 is 10.2 Å². The molecule has 0 bridgehead atoms. The fourth-order valence-electron chi connectivity index (χ4n) is 0.824. The third-order valence-corrected chi connectivity index (χ3v) is 2.10. The average molecular weight is 260 g/mol. The normalized spacial score (nSPS) is 9.00. The van der Waals surface area contributed by atoms with Crippen LogP contribution in [0.15, 0.2) is 21.7 Å². The van der Waals surface area contributed by atoms with E-state index >= 15 is 0 Å². The molecule has 17 heavy (non-hydrogen) atoms. The van der Waals surface area contributed by atoms with E-state index in [2.05, 4.69) is 22.5 Å². The minimum absolute atomic E-state index is 1.19. The molecule has 0 rings (SSSR count). The number of nitrogens with zero attached hydrogens (tertiary/aromatic N) is 6. The molecule has 0 aliphatic heterocycles. The molecule has 9 heteroatoms. The second kappa shape index (κ2) is 12.4. The first kappa shape index (κ1) is 17.7. The van der Waals surface area contributed by atoms with Crippen molar-refractivity contribution in [3.8, 4) is 0 Å². The van der Waals surface area contributed by atoms with E-state index in [1.54, 1.807) is 0 Å². The van der Waals surface area contributed by atoms with Crippen molar-refractivity contribution < 1.29 is 8.42 Å². The van der Waals surface area contributed by atoms with Gasteiger partial charge in [-0.2, -0.15) is 0 Å². The molecular weight excluding hydrogens is 244 g/mol. The van der Waals surface area contributed by atoms with Gasteiger partial charge in [-0.3, -0.25) is 0 Å². The van der Waals surface area contributed by atoms with Crippen LogP contribution >= 0.6 is 0 Å². The van der Waals surface area contributed by atoms with Crippen molar-refractivity contribution in [3.63, 3.8) is 0 Å². The van der Waals surface area contributed by atoms with Crippen LogP contribution in [0.5, 0.6) is 0 Å². The van der Waals surface area contributed by atoms with Crippen LogP contribution in [-0.4, -0.2) is 8.42 Å². The number of hydrogen-bond donors (Lipinski definition) is 0. The van der Waals surface area contributed by atoms with Gasteiger partial charge >= 0.3 is 10.2 Å². The molecule has 0 spiro atoms. The van der Waals surface area contributed by atoms with Gasteiger partial charge in [-0.15, -0.1) is 6.58 Å². The van der Waals surface area contributed by atoms with Crippen molar-refractivity contribution in [1.82, 2.24) is 0 Å². The number of rotatable bonds is 7. The van der Waals surface area contributed by atoms with Crippen molar-refractivity contribution in [3.05, 3.63) is 33.5 Å². The zero-order valence-corrected chi connectivity index (χ0v) is 10.5. The first-order chi connectivity index (χ1) is 8.04. The number of azide groups is 1. The first-order valence-corrected chi connectivity index (χ1v) is 6.42. The molecule has 0 saturated carbocycles. The second-order valence-corrected chi connectivity index (χ2v) is 4.15. The maximum absolute atomic E-state index is 9.99. The summed E-state index contributed by atoms with van der Waals surface area (Å²) in [7, 11) is -4.27. The highest BCUT2D eigenvalue weighted by Crippen LogP contribution is 2.01. The number of unbranched alkanes of at least 4 members (excludes halogenated alkanes) is 4. The highest BCUT2D eigenvalue weighted by Gasteiger charge is 1.99. The summed E-state index contributed by atoms with van der Waals surface area (Å²) in [5.41, 5.74) is 15.0. The Morgan fingerprint density at radius 2 is 1.71 bits per heavy atom. The van der Waals surface area contributed by atoms with E-state index in [1.165, 1.54) is 32.1 Å². The minimum atomic E-state index is -4.27. The monoisotopic (exact) mass is 260 g/mol. The van der Waals surface area contributed by atoms with E-state index in [4.69, 9.17) is 11.1 Å². The lowest BCUT2D eigenvalue weighted by Crippen LogP contribution is -1.82. The summed E-state index contributed by atoms with van der Waals surface area (Å²) in [4.78, 5) is 3.80. The van der Waals surface area contributed by atoms with E-state index in [0.29, 0.717) is 0 Å². The van der Waals surface area contributed by atoms with Crippen LogP contribution in [0.2, 0.25) is 0 Å². The highest BCUT2D eigenvalue weighted by molar-refractivity contribution is 7.88. The second-order valence-electron chi connectivity index (χ2n) is 2.93. The Bertz CT molecular complexity index is 368. The molecule has 0 aromatic heterocycles. The van der Waals surface area contributed by atoms with E-state index in [9.17, 15) is 8.42 Å². The summed E-state index contributed by atoms with van der Waals surface area (Å²) in [5, 5.41) is 0. The zero-order chi connectivity index (χ0) is 13.6. The molecule has 0 radical (unpaired) electrons. The molecule has 8 nitrogen and oxygen atoms in total. The maximum atomic E-state index is 9.99. The molecule has 0 N–H and O–H groups in total. The van der Waals surface area contributed by atoms with Gasteiger partial charge in [0.05, 0.1) is 0 Å². The van der Waals surface area contributed by atoms with Crippen LogP contribution < -0.4 is 0 Å². The fraction of sp³-hybridized carbons (Fsp3) is 0.750. The topological polar surface area (TPSA) is 132 Å². The van der Waals surface area contributed by atoms with E-state index < -0.39 is 10.2 Å². The van der Waals surface area contributed by atoms with Gasteiger partial charge in [0.2, 0.25) is 0 Å². The lowest BCUT2D eigenvalue weighted by molar-refractivity contribution is 0.599. The molecule has 0 fully saturated rings. The molecular formula is C8H16N6O2S. The van der Waals surface area contributed by atoms with Gasteiger partial charge in [0.1, 0.15) is 0 Å². The lowest BCUT2D eigenvalue weighted by atomic mass is 10.2. The summed E-state index contributed by atoms with van der Waals surface area (Å²) in [5.74, 6) is 0. The van der Waals surface area contributed by atoms with E-state index in [0.717, 1.165) is 0 Å². The molecule has 0 aliphatic carbocycles. The Morgan fingerprint density at radius 3 is 2.06 bits per heavy atom. The molecule has 0 amide bonds. The Balaban J connectivity index is 0. The van der Waals surface area contributed by atoms with Gasteiger partial charge in [0, 0.05) is 18.9 Å². The standard InChI is InChI=1S/C8H16.N6O2S/c1-3-5-7-8-6-4-2;1-3-5-9(7,8)6-4-2/h3H,1,4-8H2,2H3;. The van der Waals surface area contributed by atoms with Crippen molar-refractivity contribution in [2.75, 3.05) is 0 Å². The Kier molecular flexibility index (Phi) is 12.9. The Labute approximate surface area is 101 Å². The predicted octanol–water partition coefficient (Wildman–Crippen LogP) is 3.99. The van der Waals surface area contributed by atoms with Crippen LogP contribution in [0, 0.1) is 0 Å². The summed E-state index contributed by atoms with van der Waals surface area (Å²) >= 11 is 0. The van der Waals surface area contributed by atoms with Gasteiger partial charge in [-0.05, 0) is 23.9 Å². The molecule has 0 aromatic carbocycles. The smallest absolute Gasteiger partial charge is 0.213 e. The van der Waals surface area contributed by atoms with Crippen LogP contribution in [0.4, 0.5) is 0 Å². The third-order valence-electron chi connectivity index (χ3n) is 1.54.